The van der Waals surface area contributed by atoms with Gasteiger partial charge in [0.15, 0.2) is 5.96 Å². The van der Waals surface area contributed by atoms with Crippen LogP contribution in [0.2, 0.25) is 0 Å². The van der Waals surface area contributed by atoms with Gasteiger partial charge in [-0.05, 0) is 43.0 Å². The fourth-order valence-corrected chi connectivity index (χ4v) is 3.86. The lowest BCUT2D eigenvalue weighted by Crippen LogP contribution is -2.48. The summed E-state index contributed by atoms with van der Waals surface area (Å²) in [6, 6.07) is 19.4. The molecule has 1 aliphatic rings. The zero-order chi connectivity index (χ0) is 21.3. The SMILES string of the molecule is CCNC(=NCc1ccc(-n2cncn2)cc1)NC1CCN(Cc2ccccc2)CC1.I. The first kappa shape index (κ1) is 24.2. The number of likely N-dealkylation sites (tertiary alicyclic amines) is 1. The summed E-state index contributed by atoms with van der Waals surface area (Å²) in [5, 5.41) is 11.2. The average molecular weight is 545 g/mol. The van der Waals surface area contributed by atoms with E-state index in [1.54, 1.807) is 17.3 Å². The van der Waals surface area contributed by atoms with Gasteiger partial charge in [-0.25, -0.2) is 14.7 Å². The lowest BCUT2D eigenvalue weighted by molar-refractivity contribution is 0.198. The molecule has 1 aromatic heterocycles. The predicted octanol–water partition coefficient (Wildman–Crippen LogP) is 3.61. The van der Waals surface area contributed by atoms with E-state index in [4.69, 9.17) is 4.99 Å². The Kier molecular flexibility index (Phi) is 9.48. The van der Waals surface area contributed by atoms with Crippen molar-refractivity contribution in [1.29, 1.82) is 0 Å². The Bertz CT molecular complexity index is 934. The highest BCUT2D eigenvalue weighted by Gasteiger charge is 2.20. The third kappa shape index (κ3) is 7.03. The minimum Gasteiger partial charge on any atom is -0.357 e. The molecule has 7 nitrogen and oxygen atoms in total. The molecule has 0 atom stereocenters. The van der Waals surface area contributed by atoms with Crippen LogP contribution in [0.25, 0.3) is 5.69 Å². The van der Waals surface area contributed by atoms with Crippen LogP contribution in [0, 0.1) is 0 Å². The zero-order valence-corrected chi connectivity index (χ0v) is 20.9. The lowest BCUT2D eigenvalue weighted by atomic mass is 10.0. The molecule has 2 N–H and O–H groups in total. The molecule has 32 heavy (non-hydrogen) atoms. The third-order valence-corrected chi connectivity index (χ3v) is 5.56. The first-order valence-electron chi connectivity index (χ1n) is 11.0. The van der Waals surface area contributed by atoms with E-state index >= 15 is 0 Å². The number of guanidine groups is 1. The lowest BCUT2D eigenvalue weighted by Gasteiger charge is -2.33. The van der Waals surface area contributed by atoms with Crippen molar-refractivity contribution in [2.75, 3.05) is 19.6 Å². The Morgan fingerprint density at radius 1 is 1.03 bits per heavy atom. The summed E-state index contributed by atoms with van der Waals surface area (Å²) in [6.45, 7) is 6.84. The topological polar surface area (TPSA) is 70.4 Å². The predicted molar refractivity (Wildman–Crippen MR) is 139 cm³/mol. The minimum atomic E-state index is 0. The van der Waals surface area contributed by atoms with Crippen molar-refractivity contribution in [3.63, 3.8) is 0 Å². The van der Waals surface area contributed by atoms with Crippen LogP contribution < -0.4 is 10.6 Å². The van der Waals surface area contributed by atoms with Crippen molar-refractivity contribution < 1.29 is 0 Å². The summed E-state index contributed by atoms with van der Waals surface area (Å²) >= 11 is 0. The van der Waals surface area contributed by atoms with Crippen LogP contribution in [0.15, 0.2) is 72.2 Å². The molecule has 0 spiro atoms. The number of halogens is 1. The van der Waals surface area contributed by atoms with Gasteiger partial charge in [0.2, 0.25) is 0 Å². The van der Waals surface area contributed by atoms with E-state index in [0.717, 1.165) is 50.7 Å². The van der Waals surface area contributed by atoms with Crippen LogP contribution in [-0.4, -0.2) is 51.3 Å². The highest BCUT2D eigenvalue weighted by Crippen LogP contribution is 2.14. The molecule has 4 rings (SSSR count). The Balaban J connectivity index is 0.00000289. The van der Waals surface area contributed by atoms with E-state index in [0.29, 0.717) is 12.6 Å². The number of aromatic nitrogens is 3. The second kappa shape index (κ2) is 12.5. The maximum atomic E-state index is 4.80. The fourth-order valence-electron chi connectivity index (χ4n) is 3.86. The van der Waals surface area contributed by atoms with Crippen molar-refractivity contribution >= 4 is 29.9 Å². The summed E-state index contributed by atoms with van der Waals surface area (Å²) in [7, 11) is 0. The molecular formula is C24H32IN7. The number of piperidine rings is 1. The largest absolute Gasteiger partial charge is 0.357 e. The number of hydrogen-bond acceptors (Lipinski definition) is 4. The second-order valence-corrected chi connectivity index (χ2v) is 7.88. The average Bonchev–Trinajstić information content (AvgIpc) is 3.35. The van der Waals surface area contributed by atoms with E-state index in [2.05, 4.69) is 75.0 Å². The van der Waals surface area contributed by atoms with Crippen molar-refractivity contribution in [3.05, 3.63) is 78.4 Å². The maximum Gasteiger partial charge on any atom is 0.191 e. The van der Waals surface area contributed by atoms with Gasteiger partial charge in [0.25, 0.3) is 0 Å². The van der Waals surface area contributed by atoms with Crippen LogP contribution in [0.3, 0.4) is 0 Å². The van der Waals surface area contributed by atoms with Crippen LogP contribution in [0.1, 0.15) is 30.9 Å². The number of hydrogen-bond donors (Lipinski definition) is 2. The van der Waals surface area contributed by atoms with Gasteiger partial charge >= 0.3 is 0 Å². The molecule has 1 fully saturated rings. The molecule has 0 unspecified atom stereocenters. The van der Waals surface area contributed by atoms with Gasteiger partial charge in [0.1, 0.15) is 12.7 Å². The Hall–Kier alpha value is -2.46. The van der Waals surface area contributed by atoms with Gasteiger partial charge in [0, 0.05) is 32.2 Å². The maximum absolute atomic E-state index is 4.80. The van der Waals surface area contributed by atoms with Gasteiger partial charge in [-0.15, -0.1) is 24.0 Å². The molecule has 0 bridgehead atoms. The van der Waals surface area contributed by atoms with Gasteiger partial charge in [0.05, 0.1) is 12.2 Å². The summed E-state index contributed by atoms with van der Waals surface area (Å²) in [4.78, 5) is 11.3. The van der Waals surface area contributed by atoms with Crippen molar-refractivity contribution in [1.82, 2.24) is 30.3 Å². The Morgan fingerprint density at radius 3 is 2.44 bits per heavy atom. The number of nitrogens with one attached hydrogen (secondary N) is 2. The second-order valence-electron chi connectivity index (χ2n) is 7.88. The van der Waals surface area contributed by atoms with E-state index in [-0.39, 0.29) is 24.0 Å². The van der Waals surface area contributed by atoms with Gasteiger partial charge in [-0.1, -0.05) is 42.5 Å². The zero-order valence-electron chi connectivity index (χ0n) is 18.5. The van der Waals surface area contributed by atoms with Gasteiger partial charge < -0.3 is 10.6 Å². The molecule has 2 heterocycles. The Morgan fingerprint density at radius 2 is 1.78 bits per heavy atom. The van der Waals surface area contributed by atoms with Crippen molar-refractivity contribution in [2.45, 2.75) is 38.9 Å². The molecule has 1 aliphatic heterocycles. The molecule has 0 radical (unpaired) electrons. The number of rotatable bonds is 7. The van der Waals surface area contributed by atoms with E-state index in [1.165, 1.54) is 11.1 Å². The van der Waals surface area contributed by atoms with Crippen LogP contribution in [0.5, 0.6) is 0 Å². The summed E-state index contributed by atoms with van der Waals surface area (Å²) < 4.78 is 1.75. The van der Waals surface area contributed by atoms with Gasteiger partial charge in [-0.2, -0.15) is 5.10 Å². The fraction of sp³-hybridized carbons (Fsp3) is 0.375. The van der Waals surface area contributed by atoms with Crippen LogP contribution in [0.4, 0.5) is 0 Å². The first-order chi connectivity index (χ1) is 15.3. The molecule has 170 valence electrons. The molecule has 2 aromatic carbocycles. The van der Waals surface area contributed by atoms with E-state index in [1.807, 2.05) is 12.1 Å². The molecule has 3 aromatic rings. The highest BCUT2D eigenvalue weighted by molar-refractivity contribution is 14.0. The normalized spacial score (nSPS) is 15.2. The standard InChI is InChI=1S/C24H31N7.HI/c1-2-26-24(27-16-20-8-10-23(11-9-20)31-19-25-18-28-31)29-22-12-14-30(15-13-22)17-21-6-4-3-5-7-21;/h3-11,18-19,22H,2,12-17H2,1H3,(H2,26,27,29);1H. The molecule has 0 aliphatic carbocycles. The molecule has 0 saturated carbocycles. The summed E-state index contributed by atoms with van der Waals surface area (Å²) in [6.07, 6.45) is 5.50. The Labute approximate surface area is 207 Å². The van der Waals surface area contributed by atoms with Crippen molar-refractivity contribution in [3.8, 4) is 5.69 Å². The number of nitrogens with zero attached hydrogens (tertiary/aromatic N) is 5. The molecule has 8 heteroatoms. The van der Waals surface area contributed by atoms with E-state index < -0.39 is 0 Å². The summed E-state index contributed by atoms with van der Waals surface area (Å²) in [5.74, 6) is 0.893. The molecule has 0 amide bonds. The quantitative estimate of drug-likeness (QED) is 0.270. The first-order valence-corrected chi connectivity index (χ1v) is 11.0. The highest BCUT2D eigenvalue weighted by atomic mass is 127. The van der Waals surface area contributed by atoms with Crippen molar-refractivity contribution in [2.24, 2.45) is 4.99 Å². The molecular weight excluding hydrogens is 513 g/mol. The smallest absolute Gasteiger partial charge is 0.191 e. The summed E-state index contributed by atoms with van der Waals surface area (Å²) in [5.41, 5.74) is 3.55. The minimum absolute atomic E-state index is 0. The molecule has 1 saturated heterocycles. The van der Waals surface area contributed by atoms with Crippen LogP contribution in [-0.2, 0) is 13.1 Å². The number of benzene rings is 2. The number of aliphatic imine (C=N–C) groups is 1. The van der Waals surface area contributed by atoms with E-state index in [9.17, 15) is 0 Å². The monoisotopic (exact) mass is 545 g/mol. The van der Waals surface area contributed by atoms with Crippen LogP contribution >= 0.6 is 24.0 Å². The third-order valence-electron chi connectivity index (χ3n) is 5.56. The van der Waals surface area contributed by atoms with Gasteiger partial charge in [-0.3, -0.25) is 4.90 Å².